The minimum Gasteiger partial charge on any atom is -0.508 e. The van der Waals surface area contributed by atoms with Gasteiger partial charge >= 0.3 is 0 Å². The number of fused-ring (bicyclic) bond motifs is 1. The van der Waals surface area contributed by atoms with E-state index in [2.05, 4.69) is 12.1 Å². The summed E-state index contributed by atoms with van der Waals surface area (Å²) in [5.74, 6) is 0.455. The predicted molar refractivity (Wildman–Crippen MR) is 61.0 cm³/mol. The highest BCUT2D eigenvalue weighted by Crippen LogP contribution is 2.38. The summed E-state index contributed by atoms with van der Waals surface area (Å²) in [5.41, 5.74) is 4.97. The first-order chi connectivity index (χ1) is 7.36. The Labute approximate surface area is 89.0 Å². The zero-order valence-electron chi connectivity index (χ0n) is 8.40. The van der Waals surface area contributed by atoms with Crippen LogP contribution in [0.15, 0.2) is 42.5 Å². The van der Waals surface area contributed by atoms with Crippen LogP contribution in [0.4, 0.5) is 0 Å². The lowest BCUT2D eigenvalue weighted by Gasteiger charge is -2.23. The Balaban J connectivity index is 2.19. The first kappa shape index (κ1) is 8.54. The van der Waals surface area contributed by atoms with Gasteiger partial charge in [-0.05, 0) is 41.2 Å². The van der Waals surface area contributed by atoms with Gasteiger partial charge in [-0.25, -0.2) is 0 Å². The molecule has 1 N–H and O–H groups in total. The summed E-state index contributed by atoms with van der Waals surface area (Å²) in [7, 11) is 0. The summed E-state index contributed by atoms with van der Waals surface area (Å²) >= 11 is 0. The zero-order valence-corrected chi connectivity index (χ0v) is 8.40. The Hall–Kier alpha value is -1.76. The summed E-state index contributed by atoms with van der Waals surface area (Å²) in [6, 6.07) is 14.2. The molecule has 0 fully saturated rings. The second kappa shape index (κ2) is 3.13. The van der Waals surface area contributed by atoms with Crippen LogP contribution in [0.2, 0.25) is 0 Å². The van der Waals surface area contributed by atoms with E-state index in [9.17, 15) is 5.11 Å². The fourth-order valence-corrected chi connectivity index (χ4v) is 2.21. The molecule has 1 aliphatic rings. The first-order valence-electron chi connectivity index (χ1n) is 5.25. The minimum absolute atomic E-state index is 0.455. The van der Waals surface area contributed by atoms with E-state index < -0.39 is 0 Å². The van der Waals surface area contributed by atoms with Crippen molar-refractivity contribution < 1.29 is 5.11 Å². The molecule has 0 saturated heterocycles. The zero-order chi connectivity index (χ0) is 10.3. The van der Waals surface area contributed by atoms with E-state index in [4.69, 9.17) is 0 Å². The molecule has 0 atom stereocenters. The highest BCUT2D eigenvalue weighted by atomic mass is 16.3. The molecule has 2 aromatic carbocycles. The van der Waals surface area contributed by atoms with Crippen molar-refractivity contribution in [2.24, 2.45) is 0 Å². The van der Waals surface area contributed by atoms with Crippen molar-refractivity contribution in [2.75, 3.05) is 0 Å². The molecule has 1 aliphatic carbocycles. The lowest BCUT2D eigenvalue weighted by atomic mass is 9.82. The number of phenols is 1. The van der Waals surface area contributed by atoms with Gasteiger partial charge in [0, 0.05) is 0 Å². The Bertz CT molecular complexity index is 500. The highest BCUT2D eigenvalue weighted by molar-refractivity contribution is 5.72. The maximum absolute atomic E-state index is 9.62. The predicted octanol–water partition coefficient (Wildman–Crippen LogP) is 3.16. The third-order valence-corrected chi connectivity index (χ3v) is 3.12. The third kappa shape index (κ3) is 1.23. The maximum atomic E-state index is 9.62. The van der Waals surface area contributed by atoms with Crippen LogP contribution in [0, 0.1) is 0 Å². The van der Waals surface area contributed by atoms with Gasteiger partial charge in [-0.3, -0.25) is 0 Å². The van der Waals surface area contributed by atoms with Crippen LogP contribution in [0.1, 0.15) is 11.1 Å². The van der Waals surface area contributed by atoms with Crippen LogP contribution < -0.4 is 0 Å². The second-order valence-corrected chi connectivity index (χ2v) is 3.96. The number of hydrogen-bond acceptors (Lipinski definition) is 1. The van der Waals surface area contributed by atoms with E-state index in [0.717, 1.165) is 18.4 Å². The lowest BCUT2D eigenvalue weighted by molar-refractivity contribution is 0.462. The summed E-state index contributed by atoms with van der Waals surface area (Å²) in [6.07, 6.45) is 2.11. The average molecular weight is 196 g/mol. The number of hydrogen-bond donors (Lipinski definition) is 1. The van der Waals surface area contributed by atoms with Crippen molar-refractivity contribution >= 4 is 0 Å². The van der Waals surface area contributed by atoms with Gasteiger partial charge in [0.15, 0.2) is 0 Å². The fraction of sp³-hybridized carbons (Fsp3) is 0.143. The third-order valence-electron chi connectivity index (χ3n) is 3.12. The summed E-state index contributed by atoms with van der Waals surface area (Å²) in [5, 5.41) is 9.62. The summed E-state index contributed by atoms with van der Waals surface area (Å²) in [6.45, 7) is 0. The van der Waals surface area contributed by atoms with Gasteiger partial charge in [0.1, 0.15) is 5.75 Å². The van der Waals surface area contributed by atoms with Gasteiger partial charge in [-0.1, -0.05) is 36.4 Å². The van der Waals surface area contributed by atoms with E-state index in [1.807, 2.05) is 24.3 Å². The molecule has 3 rings (SSSR count). The number of benzene rings is 2. The van der Waals surface area contributed by atoms with E-state index in [-0.39, 0.29) is 0 Å². The number of aromatic hydroxyl groups is 1. The molecular formula is C14H12O. The van der Waals surface area contributed by atoms with E-state index in [1.165, 1.54) is 16.7 Å². The molecule has 0 aromatic heterocycles. The molecule has 0 amide bonds. The summed E-state index contributed by atoms with van der Waals surface area (Å²) in [4.78, 5) is 0. The Morgan fingerprint density at radius 3 is 2.20 bits per heavy atom. The van der Waals surface area contributed by atoms with Crippen LogP contribution in [0.25, 0.3) is 11.1 Å². The highest BCUT2D eigenvalue weighted by Gasteiger charge is 2.21. The second-order valence-electron chi connectivity index (χ2n) is 3.96. The van der Waals surface area contributed by atoms with Gasteiger partial charge in [0.05, 0.1) is 0 Å². The maximum Gasteiger partial charge on any atom is 0.119 e. The number of rotatable bonds is 1. The molecule has 1 heteroatoms. The lowest BCUT2D eigenvalue weighted by Crippen LogP contribution is -2.10. The molecule has 0 heterocycles. The quantitative estimate of drug-likeness (QED) is 0.742. The van der Waals surface area contributed by atoms with Gasteiger partial charge in [0.25, 0.3) is 0 Å². The molecule has 2 aromatic rings. The smallest absolute Gasteiger partial charge is 0.119 e. The van der Waals surface area contributed by atoms with E-state index >= 15 is 0 Å². The standard InChI is InChI=1S/C14H12O/c15-14-9-8-11(12-6-7-13(12)14)10-4-2-1-3-5-10/h1-5,8-9,15H,6-7H2. The van der Waals surface area contributed by atoms with Crippen LogP contribution in [-0.4, -0.2) is 5.11 Å². The Morgan fingerprint density at radius 2 is 1.53 bits per heavy atom. The number of phenolic OH excluding ortho intramolecular Hbond substituents is 1. The van der Waals surface area contributed by atoms with Crippen LogP contribution >= 0.6 is 0 Å². The van der Waals surface area contributed by atoms with Crippen LogP contribution in [0.3, 0.4) is 0 Å². The van der Waals surface area contributed by atoms with Gasteiger partial charge < -0.3 is 5.11 Å². The van der Waals surface area contributed by atoms with Crippen molar-refractivity contribution in [1.82, 2.24) is 0 Å². The molecule has 1 nitrogen and oxygen atoms in total. The normalized spacial score (nSPS) is 13.1. The molecule has 0 bridgehead atoms. The van der Waals surface area contributed by atoms with Crippen molar-refractivity contribution in [2.45, 2.75) is 12.8 Å². The van der Waals surface area contributed by atoms with Crippen molar-refractivity contribution in [3.63, 3.8) is 0 Å². The van der Waals surface area contributed by atoms with Crippen molar-refractivity contribution in [3.05, 3.63) is 53.6 Å². The molecule has 74 valence electrons. The van der Waals surface area contributed by atoms with Gasteiger partial charge in [0.2, 0.25) is 0 Å². The SMILES string of the molecule is Oc1ccc(-c2ccccc2)c2c1CC2. The van der Waals surface area contributed by atoms with Crippen molar-refractivity contribution in [1.29, 1.82) is 0 Å². The molecule has 15 heavy (non-hydrogen) atoms. The molecule has 0 spiro atoms. The van der Waals surface area contributed by atoms with Crippen LogP contribution in [-0.2, 0) is 12.8 Å². The van der Waals surface area contributed by atoms with E-state index in [0.29, 0.717) is 5.75 Å². The van der Waals surface area contributed by atoms with E-state index in [1.54, 1.807) is 6.07 Å². The first-order valence-corrected chi connectivity index (χ1v) is 5.25. The summed E-state index contributed by atoms with van der Waals surface area (Å²) < 4.78 is 0. The molecule has 0 saturated carbocycles. The average Bonchev–Trinajstić information content (AvgIpc) is 2.22. The Morgan fingerprint density at radius 1 is 0.800 bits per heavy atom. The molecular weight excluding hydrogens is 184 g/mol. The van der Waals surface area contributed by atoms with Gasteiger partial charge in [-0.2, -0.15) is 0 Å². The Kier molecular flexibility index (Phi) is 1.78. The molecule has 0 aliphatic heterocycles. The fourth-order valence-electron chi connectivity index (χ4n) is 2.21. The molecule has 0 unspecified atom stereocenters. The topological polar surface area (TPSA) is 20.2 Å². The molecule has 0 radical (unpaired) electrons. The van der Waals surface area contributed by atoms with Gasteiger partial charge in [-0.15, -0.1) is 0 Å². The van der Waals surface area contributed by atoms with Crippen LogP contribution in [0.5, 0.6) is 5.75 Å². The largest absolute Gasteiger partial charge is 0.508 e. The van der Waals surface area contributed by atoms with Crippen molar-refractivity contribution in [3.8, 4) is 16.9 Å². The monoisotopic (exact) mass is 196 g/mol. The minimum atomic E-state index is 0.455.